The highest BCUT2D eigenvalue weighted by Crippen LogP contribution is 2.41. The number of hydrogen-bond acceptors (Lipinski definition) is 2. The summed E-state index contributed by atoms with van der Waals surface area (Å²) in [5.41, 5.74) is 2.08. The molecule has 0 aliphatic heterocycles. The number of hydrogen-bond donors (Lipinski definition) is 0. The lowest BCUT2D eigenvalue weighted by molar-refractivity contribution is 0.291. The number of benzene rings is 1. The second-order valence-corrected chi connectivity index (χ2v) is 5.77. The molecule has 1 aliphatic rings. The highest BCUT2D eigenvalue weighted by Gasteiger charge is 2.28. The van der Waals surface area contributed by atoms with Crippen molar-refractivity contribution in [2.24, 2.45) is 0 Å². The molecule has 1 saturated carbocycles. The zero-order chi connectivity index (χ0) is 15.8. The lowest BCUT2D eigenvalue weighted by Crippen LogP contribution is -2.19. The molecule has 1 aromatic carbocycles. The highest BCUT2D eigenvalue weighted by atomic mass is 19.1. The molecule has 0 bridgehead atoms. The summed E-state index contributed by atoms with van der Waals surface area (Å²) in [4.78, 5) is 4.00. The predicted molar refractivity (Wildman–Crippen MR) is 83.7 cm³/mol. The van der Waals surface area contributed by atoms with E-state index in [2.05, 4.69) is 10.1 Å². The van der Waals surface area contributed by atoms with Crippen molar-refractivity contribution < 1.29 is 8.78 Å². The summed E-state index contributed by atoms with van der Waals surface area (Å²) in [5.74, 6) is -1.14. The number of aromatic nitrogens is 3. The molecule has 2 aromatic heterocycles. The van der Waals surface area contributed by atoms with Crippen molar-refractivity contribution in [3.8, 4) is 22.4 Å². The van der Waals surface area contributed by atoms with Crippen LogP contribution in [-0.2, 0) is 0 Å². The molecule has 1 aliphatic carbocycles. The SMILES string of the molecule is Fc1cccc(F)c1-c1c(-c2ccncc2)cnn1C1CCC1. The van der Waals surface area contributed by atoms with E-state index in [0.717, 1.165) is 30.4 Å². The first-order valence-electron chi connectivity index (χ1n) is 7.68. The largest absolute Gasteiger partial charge is 0.265 e. The summed E-state index contributed by atoms with van der Waals surface area (Å²) < 4.78 is 30.5. The first kappa shape index (κ1) is 14.1. The van der Waals surface area contributed by atoms with E-state index in [4.69, 9.17) is 0 Å². The third-order valence-electron chi connectivity index (χ3n) is 4.41. The van der Waals surface area contributed by atoms with Crippen LogP contribution in [0.4, 0.5) is 8.78 Å². The van der Waals surface area contributed by atoms with Crippen LogP contribution in [-0.4, -0.2) is 14.8 Å². The Hall–Kier alpha value is -2.56. The second-order valence-electron chi connectivity index (χ2n) is 5.77. The smallest absolute Gasteiger partial charge is 0.135 e. The van der Waals surface area contributed by atoms with Gasteiger partial charge >= 0.3 is 0 Å². The maximum Gasteiger partial charge on any atom is 0.135 e. The van der Waals surface area contributed by atoms with Gasteiger partial charge in [0.2, 0.25) is 0 Å². The van der Waals surface area contributed by atoms with E-state index < -0.39 is 11.6 Å². The standard InChI is InChI=1S/C18H15F2N3/c19-15-5-2-6-16(20)17(15)18-14(12-7-9-21-10-8-12)11-22-23(18)13-3-1-4-13/h2,5-11,13H,1,3-4H2. The average molecular weight is 311 g/mol. The lowest BCUT2D eigenvalue weighted by atomic mass is 9.92. The lowest BCUT2D eigenvalue weighted by Gasteiger charge is -2.28. The number of halogens is 2. The molecular weight excluding hydrogens is 296 g/mol. The fraction of sp³-hybridized carbons (Fsp3) is 0.222. The van der Waals surface area contributed by atoms with Crippen LogP contribution in [0.5, 0.6) is 0 Å². The summed E-state index contributed by atoms with van der Waals surface area (Å²) in [5, 5.41) is 4.44. The predicted octanol–water partition coefficient (Wildman–Crippen LogP) is 4.62. The van der Waals surface area contributed by atoms with Crippen LogP contribution < -0.4 is 0 Å². The molecule has 3 aromatic rings. The summed E-state index contributed by atoms with van der Waals surface area (Å²) in [6.07, 6.45) is 8.11. The Balaban J connectivity index is 1.97. The molecule has 0 saturated heterocycles. The van der Waals surface area contributed by atoms with E-state index in [1.165, 1.54) is 18.2 Å². The van der Waals surface area contributed by atoms with Crippen molar-refractivity contribution in [3.63, 3.8) is 0 Å². The molecule has 5 heteroatoms. The first-order valence-corrected chi connectivity index (χ1v) is 7.68. The third-order valence-corrected chi connectivity index (χ3v) is 4.41. The van der Waals surface area contributed by atoms with Crippen molar-refractivity contribution in [2.75, 3.05) is 0 Å². The van der Waals surface area contributed by atoms with Gasteiger partial charge in [-0.25, -0.2) is 8.78 Å². The molecular formula is C18H15F2N3. The normalized spacial score (nSPS) is 14.7. The Morgan fingerprint density at radius 1 is 1.00 bits per heavy atom. The van der Waals surface area contributed by atoms with Gasteiger partial charge in [-0.1, -0.05) is 6.07 Å². The topological polar surface area (TPSA) is 30.7 Å². The summed E-state index contributed by atoms with van der Waals surface area (Å²) in [6, 6.07) is 7.80. The van der Waals surface area contributed by atoms with Gasteiger partial charge in [0.05, 0.1) is 23.5 Å². The van der Waals surface area contributed by atoms with Gasteiger partial charge in [-0.3, -0.25) is 9.67 Å². The molecule has 0 atom stereocenters. The monoisotopic (exact) mass is 311 g/mol. The van der Waals surface area contributed by atoms with E-state index in [-0.39, 0.29) is 11.6 Å². The second kappa shape index (κ2) is 5.57. The summed E-state index contributed by atoms with van der Waals surface area (Å²) >= 11 is 0. The molecule has 4 rings (SSSR count). The Kier molecular flexibility index (Phi) is 3.41. The first-order chi connectivity index (χ1) is 11.3. The highest BCUT2D eigenvalue weighted by molar-refractivity contribution is 5.81. The molecule has 0 amide bonds. The maximum absolute atomic E-state index is 14.4. The fourth-order valence-corrected chi connectivity index (χ4v) is 2.99. The Morgan fingerprint density at radius 2 is 1.70 bits per heavy atom. The van der Waals surface area contributed by atoms with Crippen LogP contribution in [0.1, 0.15) is 25.3 Å². The minimum atomic E-state index is -0.568. The van der Waals surface area contributed by atoms with Crippen molar-refractivity contribution in [3.05, 3.63) is 60.6 Å². The van der Waals surface area contributed by atoms with Gasteiger partial charge in [-0.2, -0.15) is 5.10 Å². The van der Waals surface area contributed by atoms with Crippen molar-refractivity contribution in [2.45, 2.75) is 25.3 Å². The molecule has 2 heterocycles. The molecule has 0 radical (unpaired) electrons. The Morgan fingerprint density at radius 3 is 2.30 bits per heavy atom. The zero-order valence-corrected chi connectivity index (χ0v) is 12.4. The number of nitrogens with zero attached hydrogens (tertiary/aromatic N) is 3. The summed E-state index contributed by atoms with van der Waals surface area (Å²) in [6.45, 7) is 0. The van der Waals surface area contributed by atoms with Crippen LogP contribution in [0, 0.1) is 11.6 Å². The van der Waals surface area contributed by atoms with Crippen LogP contribution in [0.15, 0.2) is 48.9 Å². The molecule has 1 fully saturated rings. The van der Waals surface area contributed by atoms with Gasteiger partial charge in [-0.15, -0.1) is 0 Å². The molecule has 0 unspecified atom stereocenters. The fourth-order valence-electron chi connectivity index (χ4n) is 2.99. The van der Waals surface area contributed by atoms with Crippen LogP contribution >= 0.6 is 0 Å². The Labute approximate surface area is 132 Å². The quantitative estimate of drug-likeness (QED) is 0.707. The third kappa shape index (κ3) is 2.32. The van der Waals surface area contributed by atoms with E-state index in [1.54, 1.807) is 23.3 Å². The maximum atomic E-state index is 14.4. The van der Waals surface area contributed by atoms with Crippen molar-refractivity contribution >= 4 is 0 Å². The van der Waals surface area contributed by atoms with Crippen LogP contribution in [0.25, 0.3) is 22.4 Å². The van der Waals surface area contributed by atoms with Gasteiger partial charge in [-0.05, 0) is 49.1 Å². The Bertz CT molecular complexity index is 818. The molecule has 116 valence electrons. The van der Waals surface area contributed by atoms with Crippen molar-refractivity contribution in [1.82, 2.24) is 14.8 Å². The van der Waals surface area contributed by atoms with E-state index in [0.29, 0.717) is 5.69 Å². The average Bonchev–Trinajstić information content (AvgIpc) is 2.91. The van der Waals surface area contributed by atoms with Crippen LogP contribution in [0.2, 0.25) is 0 Å². The van der Waals surface area contributed by atoms with Gasteiger partial charge in [0, 0.05) is 18.0 Å². The molecule has 3 nitrogen and oxygen atoms in total. The minimum Gasteiger partial charge on any atom is -0.265 e. The minimum absolute atomic E-state index is 0.0105. The summed E-state index contributed by atoms with van der Waals surface area (Å²) in [7, 11) is 0. The number of rotatable bonds is 3. The molecule has 0 spiro atoms. The van der Waals surface area contributed by atoms with E-state index in [9.17, 15) is 8.78 Å². The van der Waals surface area contributed by atoms with E-state index in [1.807, 2.05) is 12.1 Å². The van der Waals surface area contributed by atoms with Gasteiger partial charge < -0.3 is 0 Å². The molecule has 23 heavy (non-hydrogen) atoms. The van der Waals surface area contributed by atoms with Gasteiger partial charge in [0.15, 0.2) is 0 Å². The van der Waals surface area contributed by atoms with Gasteiger partial charge in [0.25, 0.3) is 0 Å². The van der Waals surface area contributed by atoms with Crippen LogP contribution in [0.3, 0.4) is 0 Å². The number of pyridine rings is 1. The van der Waals surface area contributed by atoms with Crippen molar-refractivity contribution in [1.29, 1.82) is 0 Å². The van der Waals surface area contributed by atoms with Gasteiger partial charge in [0.1, 0.15) is 11.6 Å². The van der Waals surface area contributed by atoms with E-state index >= 15 is 0 Å². The molecule has 0 N–H and O–H groups in total. The zero-order valence-electron chi connectivity index (χ0n) is 12.4.